The predicted octanol–water partition coefficient (Wildman–Crippen LogP) is 2.76. The molecule has 1 aliphatic carbocycles. The highest BCUT2D eigenvalue weighted by Crippen LogP contribution is 2.46. The molecule has 3 heterocycles. The van der Waals surface area contributed by atoms with Crippen molar-refractivity contribution in [1.82, 2.24) is 20.0 Å². The van der Waals surface area contributed by atoms with E-state index in [1.165, 1.54) is 12.8 Å². The van der Waals surface area contributed by atoms with Crippen molar-refractivity contribution in [3.63, 3.8) is 0 Å². The summed E-state index contributed by atoms with van der Waals surface area (Å²) < 4.78 is 10.3. The van der Waals surface area contributed by atoms with Gasteiger partial charge >= 0.3 is 0 Å². The van der Waals surface area contributed by atoms with Gasteiger partial charge in [0.1, 0.15) is 0 Å². The molecular formula is C19H24N4O3. The van der Waals surface area contributed by atoms with Crippen LogP contribution in [-0.4, -0.2) is 46.1 Å². The number of nitrogens with zero attached hydrogens (tertiary/aromatic N) is 4. The van der Waals surface area contributed by atoms with Crippen LogP contribution in [0.4, 0.5) is 0 Å². The molecular weight excluding hydrogens is 332 g/mol. The van der Waals surface area contributed by atoms with E-state index in [9.17, 15) is 4.79 Å². The number of carbonyl (C=O) groups excluding carboxylic acids is 1. The van der Waals surface area contributed by atoms with Crippen LogP contribution in [0.1, 0.15) is 54.2 Å². The van der Waals surface area contributed by atoms with Gasteiger partial charge < -0.3 is 14.2 Å². The van der Waals surface area contributed by atoms with E-state index >= 15 is 0 Å². The van der Waals surface area contributed by atoms with Crippen LogP contribution < -0.4 is 4.74 Å². The standard InChI is InChI=1S/C19H24N4O3/c1-13-21-18(22-26-13)19(11-14-3-4-14)7-9-23(10-8-19)17(24)15-5-6-16(25-2)20-12-15/h5-6,12,14H,3-4,7-11H2,1-2H3. The van der Waals surface area contributed by atoms with Crippen LogP contribution in [0.25, 0.3) is 0 Å². The maximum atomic E-state index is 12.8. The third kappa shape index (κ3) is 3.30. The highest BCUT2D eigenvalue weighted by atomic mass is 16.5. The van der Waals surface area contributed by atoms with E-state index in [0.717, 1.165) is 31.0 Å². The van der Waals surface area contributed by atoms with Crippen molar-refractivity contribution >= 4 is 5.91 Å². The summed E-state index contributed by atoms with van der Waals surface area (Å²) in [6.07, 6.45) is 7.00. The number of pyridine rings is 1. The largest absolute Gasteiger partial charge is 0.481 e. The Hall–Kier alpha value is -2.44. The van der Waals surface area contributed by atoms with Crippen molar-refractivity contribution in [3.8, 4) is 5.88 Å². The van der Waals surface area contributed by atoms with Crippen LogP contribution in [0, 0.1) is 12.8 Å². The molecule has 1 amide bonds. The van der Waals surface area contributed by atoms with E-state index in [1.807, 2.05) is 11.8 Å². The van der Waals surface area contributed by atoms with Crippen molar-refractivity contribution in [1.29, 1.82) is 0 Å². The van der Waals surface area contributed by atoms with Gasteiger partial charge in [-0.05, 0) is 31.2 Å². The van der Waals surface area contributed by atoms with Gasteiger partial charge in [0.2, 0.25) is 11.8 Å². The average Bonchev–Trinajstić information content (AvgIpc) is 3.38. The van der Waals surface area contributed by atoms with Crippen LogP contribution in [0.2, 0.25) is 0 Å². The lowest BCUT2D eigenvalue weighted by molar-refractivity contribution is 0.0645. The Morgan fingerprint density at radius 3 is 2.65 bits per heavy atom. The third-order valence-electron chi connectivity index (χ3n) is 5.58. The molecule has 0 aromatic carbocycles. The van der Waals surface area contributed by atoms with Gasteiger partial charge in [-0.25, -0.2) is 4.98 Å². The Morgan fingerprint density at radius 1 is 1.35 bits per heavy atom. The lowest BCUT2D eigenvalue weighted by Crippen LogP contribution is -2.46. The van der Waals surface area contributed by atoms with Gasteiger partial charge in [-0.3, -0.25) is 4.79 Å². The van der Waals surface area contributed by atoms with Crippen molar-refractivity contribution < 1.29 is 14.1 Å². The van der Waals surface area contributed by atoms with E-state index in [4.69, 9.17) is 9.26 Å². The molecule has 2 aliphatic rings. The summed E-state index contributed by atoms with van der Waals surface area (Å²) in [4.78, 5) is 23.4. The zero-order valence-corrected chi connectivity index (χ0v) is 15.3. The lowest BCUT2D eigenvalue weighted by Gasteiger charge is -2.40. The third-order valence-corrected chi connectivity index (χ3v) is 5.58. The Kier molecular flexibility index (Phi) is 4.38. The van der Waals surface area contributed by atoms with E-state index < -0.39 is 0 Å². The minimum Gasteiger partial charge on any atom is -0.481 e. The summed E-state index contributed by atoms with van der Waals surface area (Å²) in [5.41, 5.74) is 0.532. The van der Waals surface area contributed by atoms with Gasteiger partial charge in [0.15, 0.2) is 5.82 Å². The van der Waals surface area contributed by atoms with Gasteiger partial charge in [-0.2, -0.15) is 4.98 Å². The summed E-state index contributed by atoms with van der Waals surface area (Å²) in [7, 11) is 1.56. The Labute approximate surface area is 152 Å². The number of carbonyl (C=O) groups is 1. The number of aromatic nitrogens is 3. The van der Waals surface area contributed by atoms with Crippen molar-refractivity contribution in [2.75, 3.05) is 20.2 Å². The first-order chi connectivity index (χ1) is 12.6. The summed E-state index contributed by atoms with van der Waals surface area (Å²) in [5, 5.41) is 4.23. The minimum atomic E-state index is -0.0616. The van der Waals surface area contributed by atoms with Gasteiger partial charge in [0.05, 0.1) is 12.7 Å². The summed E-state index contributed by atoms with van der Waals surface area (Å²) in [6, 6.07) is 3.49. The Bertz CT molecular complexity index is 774. The quantitative estimate of drug-likeness (QED) is 0.819. The predicted molar refractivity (Wildman–Crippen MR) is 94.0 cm³/mol. The number of hydrogen-bond acceptors (Lipinski definition) is 6. The molecule has 138 valence electrons. The van der Waals surface area contributed by atoms with E-state index in [-0.39, 0.29) is 11.3 Å². The molecule has 1 saturated carbocycles. The second-order valence-electron chi connectivity index (χ2n) is 7.45. The van der Waals surface area contributed by atoms with Crippen LogP contribution in [0.3, 0.4) is 0 Å². The number of methoxy groups -OCH3 is 1. The second kappa shape index (κ2) is 6.70. The van der Waals surface area contributed by atoms with Crippen LogP contribution in [0.5, 0.6) is 5.88 Å². The summed E-state index contributed by atoms with van der Waals surface area (Å²) >= 11 is 0. The second-order valence-corrected chi connectivity index (χ2v) is 7.45. The molecule has 4 rings (SSSR count). The maximum Gasteiger partial charge on any atom is 0.255 e. The van der Waals surface area contributed by atoms with E-state index in [2.05, 4.69) is 15.1 Å². The molecule has 2 fully saturated rings. The van der Waals surface area contributed by atoms with Gasteiger partial charge in [0, 0.05) is 37.7 Å². The summed E-state index contributed by atoms with van der Waals surface area (Å²) in [6.45, 7) is 3.23. The molecule has 0 unspecified atom stereocenters. The number of hydrogen-bond donors (Lipinski definition) is 0. The van der Waals surface area contributed by atoms with E-state index in [0.29, 0.717) is 30.4 Å². The SMILES string of the molecule is COc1ccc(C(=O)N2CCC(CC3CC3)(c3noc(C)n3)CC2)cn1. The van der Waals surface area contributed by atoms with Gasteiger partial charge in [0.25, 0.3) is 5.91 Å². The number of piperidine rings is 1. The topological polar surface area (TPSA) is 81.4 Å². The molecule has 2 aromatic heterocycles. The van der Waals surface area contributed by atoms with Crippen LogP contribution in [-0.2, 0) is 5.41 Å². The molecule has 0 spiro atoms. The first-order valence-corrected chi connectivity index (χ1v) is 9.20. The molecule has 2 aromatic rings. The first-order valence-electron chi connectivity index (χ1n) is 9.20. The fourth-order valence-electron chi connectivity index (χ4n) is 3.86. The molecule has 0 radical (unpaired) electrons. The molecule has 26 heavy (non-hydrogen) atoms. The van der Waals surface area contributed by atoms with Crippen LogP contribution >= 0.6 is 0 Å². The average molecular weight is 356 g/mol. The summed E-state index contributed by atoms with van der Waals surface area (Å²) in [5.74, 6) is 2.72. The zero-order valence-electron chi connectivity index (χ0n) is 15.3. The molecule has 7 heteroatoms. The number of ether oxygens (including phenoxy) is 1. The highest BCUT2D eigenvalue weighted by Gasteiger charge is 2.44. The van der Waals surface area contributed by atoms with Crippen molar-refractivity contribution in [2.24, 2.45) is 5.92 Å². The minimum absolute atomic E-state index is 0.0180. The molecule has 0 atom stereocenters. The van der Waals surface area contributed by atoms with Crippen molar-refractivity contribution in [2.45, 2.75) is 44.4 Å². The lowest BCUT2D eigenvalue weighted by atomic mass is 9.73. The molecule has 1 aliphatic heterocycles. The first kappa shape index (κ1) is 17.0. The van der Waals surface area contributed by atoms with Gasteiger partial charge in [-0.15, -0.1) is 0 Å². The fourth-order valence-corrected chi connectivity index (χ4v) is 3.86. The van der Waals surface area contributed by atoms with Crippen molar-refractivity contribution in [3.05, 3.63) is 35.6 Å². The monoisotopic (exact) mass is 356 g/mol. The number of rotatable bonds is 5. The number of amides is 1. The number of aryl methyl sites for hydroxylation is 1. The molecule has 7 nitrogen and oxygen atoms in total. The van der Waals surface area contributed by atoms with Gasteiger partial charge in [-0.1, -0.05) is 18.0 Å². The normalized spacial score (nSPS) is 19.4. The highest BCUT2D eigenvalue weighted by molar-refractivity contribution is 5.94. The van der Waals surface area contributed by atoms with E-state index in [1.54, 1.807) is 25.4 Å². The Morgan fingerprint density at radius 2 is 2.12 bits per heavy atom. The smallest absolute Gasteiger partial charge is 0.255 e. The molecule has 0 bridgehead atoms. The Balaban J connectivity index is 1.47. The number of likely N-dealkylation sites (tertiary alicyclic amines) is 1. The fraction of sp³-hybridized carbons (Fsp3) is 0.579. The zero-order chi connectivity index (χ0) is 18.1. The molecule has 1 saturated heterocycles. The van der Waals surface area contributed by atoms with Crippen LogP contribution in [0.15, 0.2) is 22.9 Å². The molecule has 0 N–H and O–H groups in total. The maximum absolute atomic E-state index is 12.8.